The van der Waals surface area contributed by atoms with Crippen LogP contribution < -0.4 is 11.1 Å². The Morgan fingerprint density at radius 2 is 1.60 bits per heavy atom. The van der Waals surface area contributed by atoms with Gasteiger partial charge in [0.05, 0.1) is 5.56 Å². The molecule has 0 bridgehead atoms. The molecule has 6 nitrogen and oxygen atoms in total. The molecule has 138 valence electrons. The summed E-state index contributed by atoms with van der Waals surface area (Å²) in [5.74, 6) is -1.15. The SMILES string of the molecule is CC(C)c1ccc(C(=O)O[C@@H](C(=O)NC(N)=O)C(C)C)c(C(C)C)c1. The van der Waals surface area contributed by atoms with Crippen molar-refractivity contribution in [1.29, 1.82) is 0 Å². The second-order valence-electron chi connectivity index (χ2n) is 7.08. The van der Waals surface area contributed by atoms with Gasteiger partial charge in [-0.05, 0) is 34.9 Å². The van der Waals surface area contributed by atoms with Crippen LogP contribution in [-0.4, -0.2) is 24.0 Å². The number of urea groups is 1. The number of ether oxygens (including phenoxy) is 1. The first kappa shape index (κ1) is 20.7. The summed E-state index contributed by atoms with van der Waals surface area (Å²) in [4.78, 5) is 35.6. The van der Waals surface area contributed by atoms with Gasteiger partial charge < -0.3 is 10.5 Å². The van der Waals surface area contributed by atoms with Crippen molar-refractivity contribution in [1.82, 2.24) is 5.32 Å². The van der Waals surface area contributed by atoms with Crippen molar-refractivity contribution in [2.24, 2.45) is 11.7 Å². The van der Waals surface area contributed by atoms with Crippen molar-refractivity contribution in [2.75, 3.05) is 0 Å². The molecule has 3 N–H and O–H groups in total. The summed E-state index contributed by atoms with van der Waals surface area (Å²) in [6.45, 7) is 11.6. The van der Waals surface area contributed by atoms with Crippen LogP contribution in [0.15, 0.2) is 18.2 Å². The number of carbonyl (C=O) groups is 3. The van der Waals surface area contributed by atoms with Crippen molar-refractivity contribution in [2.45, 2.75) is 59.5 Å². The van der Waals surface area contributed by atoms with Crippen LogP contribution in [0.25, 0.3) is 0 Å². The summed E-state index contributed by atoms with van der Waals surface area (Å²) in [5.41, 5.74) is 7.40. The molecule has 1 aromatic rings. The molecule has 1 rings (SSSR count). The molecule has 6 heteroatoms. The van der Waals surface area contributed by atoms with Gasteiger partial charge in [-0.25, -0.2) is 9.59 Å². The predicted octanol–water partition coefficient (Wildman–Crippen LogP) is 3.31. The number of primary amides is 1. The molecule has 0 aromatic heterocycles. The fourth-order valence-corrected chi connectivity index (χ4v) is 2.47. The van der Waals surface area contributed by atoms with E-state index in [1.165, 1.54) is 0 Å². The van der Waals surface area contributed by atoms with E-state index in [-0.39, 0.29) is 11.8 Å². The summed E-state index contributed by atoms with van der Waals surface area (Å²) in [7, 11) is 0. The molecule has 0 heterocycles. The van der Waals surface area contributed by atoms with E-state index in [4.69, 9.17) is 10.5 Å². The minimum absolute atomic E-state index is 0.123. The Bertz CT molecular complexity index is 651. The van der Waals surface area contributed by atoms with Crippen LogP contribution in [0.2, 0.25) is 0 Å². The Labute approximate surface area is 149 Å². The molecule has 0 spiro atoms. The summed E-state index contributed by atoms with van der Waals surface area (Å²) < 4.78 is 5.39. The van der Waals surface area contributed by atoms with Gasteiger partial charge in [-0.3, -0.25) is 10.1 Å². The van der Waals surface area contributed by atoms with Gasteiger partial charge in [-0.15, -0.1) is 0 Å². The van der Waals surface area contributed by atoms with Crippen molar-refractivity contribution < 1.29 is 19.1 Å². The lowest BCUT2D eigenvalue weighted by Gasteiger charge is -2.21. The number of nitrogens with two attached hydrogens (primary N) is 1. The maximum absolute atomic E-state index is 12.6. The Hall–Kier alpha value is -2.37. The lowest BCUT2D eigenvalue weighted by molar-refractivity contribution is -0.130. The number of nitrogens with one attached hydrogen (secondary N) is 1. The second kappa shape index (κ2) is 8.65. The fraction of sp³-hybridized carbons (Fsp3) is 0.526. The maximum Gasteiger partial charge on any atom is 0.339 e. The molecular formula is C19H28N2O4. The zero-order valence-corrected chi connectivity index (χ0v) is 15.8. The molecule has 1 atom stereocenters. The van der Waals surface area contributed by atoms with Gasteiger partial charge in [-0.2, -0.15) is 0 Å². The summed E-state index contributed by atoms with van der Waals surface area (Å²) in [5, 5.41) is 1.97. The van der Waals surface area contributed by atoms with Gasteiger partial charge in [0.2, 0.25) is 0 Å². The van der Waals surface area contributed by atoms with Crippen LogP contribution in [0.4, 0.5) is 4.79 Å². The van der Waals surface area contributed by atoms with Gasteiger partial charge in [0, 0.05) is 0 Å². The van der Waals surface area contributed by atoms with Gasteiger partial charge in [0.25, 0.3) is 5.91 Å². The highest BCUT2D eigenvalue weighted by Gasteiger charge is 2.29. The Balaban J connectivity index is 3.12. The average molecular weight is 348 g/mol. The highest BCUT2D eigenvalue weighted by Crippen LogP contribution is 2.26. The normalized spacial score (nSPS) is 12.4. The van der Waals surface area contributed by atoms with Crippen LogP contribution in [0.1, 0.15) is 74.9 Å². The molecule has 3 amide bonds. The molecule has 1 aromatic carbocycles. The van der Waals surface area contributed by atoms with E-state index in [0.717, 1.165) is 11.1 Å². The van der Waals surface area contributed by atoms with Gasteiger partial charge in [0.15, 0.2) is 6.10 Å². The van der Waals surface area contributed by atoms with E-state index in [0.29, 0.717) is 11.5 Å². The van der Waals surface area contributed by atoms with Crippen molar-refractivity contribution in [3.63, 3.8) is 0 Å². The molecule has 0 aliphatic rings. The van der Waals surface area contributed by atoms with Crippen LogP contribution >= 0.6 is 0 Å². The number of hydrogen-bond acceptors (Lipinski definition) is 4. The van der Waals surface area contributed by atoms with Crippen molar-refractivity contribution in [3.8, 4) is 0 Å². The number of hydrogen-bond donors (Lipinski definition) is 2. The number of carbonyl (C=O) groups excluding carboxylic acids is 3. The largest absolute Gasteiger partial charge is 0.448 e. The van der Waals surface area contributed by atoms with Crippen molar-refractivity contribution >= 4 is 17.9 Å². The van der Waals surface area contributed by atoms with Gasteiger partial charge in [0.1, 0.15) is 0 Å². The van der Waals surface area contributed by atoms with Gasteiger partial charge >= 0.3 is 12.0 Å². The smallest absolute Gasteiger partial charge is 0.339 e. The molecular weight excluding hydrogens is 320 g/mol. The third-order valence-corrected chi connectivity index (χ3v) is 3.93. The van der Waals surface area contributed by atoms with E-state index in [2.05, 4.69) is 13.8 Å². The van der Waals surface area contributed by atoms with Crippen molar-refractivity contribution in [3.05, 3.63) is 34.9 Å². The minimum atomic E-state index is -1.09. The molecule has 0 aliphatic carbocycles. The quantitative estimate of drug-likeness (QED) is 0.771. The van der Waals surface area contributed by atoms with E-state index in [9.17, 15) is 14.4 Å². The molecule has 0 unspecified atom stereocenters. The Morgan fingerprint density at radius 3 is 2.04 bits per heavy atom. The molecule has 0 radical (unpaired) electrons. The van der Waals surface area contributed by atoms with E-state index >= 15 is 0 Å². The Kier molecular flexibility index (Phi) is 7.15. The number of amides is 3. The first-order valence-electron chi connectivity index (χ1n) is 8.49. The molecule has 0 aliphatic heterocycles. The zero-order chi connectivity index (χ0) is 19.3. The number of rotatable bonds is 6. The highest BCUT2D eigenvalue weighted by atomic mass is 16.5. The lowest BCUT2D eigenvalue weighted by Crippen LogP contribution is -2.45. The summed E-state index contributed by atoms with van der Waals surface area (Å²) >= 11 is 0. The van der Waals surface area contributed by atoms with Crippen LogP contribution in [0, 0.1) is 5.92 Å². The lowest BCUT2D eigenvalue weighted by atomic mass is 9.91. The topological polar surface area (TPSA) is 98.5 Å². The molecule has 0 saturated carbocycles. The van der Waals surface area contributed by atoms with E-state index in [1.54, 1.807) is 19.9 Å². The zero-order valence-electron chi connectivity index (χ0n) is 15.8. The van der Waals surface area contributed by atoms with Crippen LogP contribution in [-0.2, 0) is 9.53 Å². The van der Waals surface area contributed by atoms with Crippen LogP contribution in [0.5, 0.6) is 0 Å². The standard InChI is InChI=1S/C19H28N2O4/c1-10(2)13-7-8-14(15(9-13)11(3)4)18(23)25-16(12(5)6)17(22)21-19(20)24/h7-12,16H,1-6H3,(H3,20,21,22,24)/t16-/m1/s1. The first-order valence-corrected chi connectivity index (χ1v) is 8.49. The number of esters is 1. The fourth-order valence-electron chi connectivity index (χ4n) is 2.47. The molecule has 0 fully saturated rings. The average Bonchev–Trinajstić information content (AvgIpc) is 2.50. The first-order chi connectivity index (χ1) is 11.5. The minimum Gasteiger partial charge on any atom is -0.448 e. The predicted molar refractivity (Wildman–Crippen MR) is 96.4 cm³/mol. The summed E-state index contributed by atoms with van der Waals surface area (Å²) in [6.07, 6.45) is -1.09. The second-order valence-corrected chi connectivity index (χ2v) is 7.08. The molecule has 0 saturated heterocycles. The summed E-state index contributed by atoms with van der Waals surface area (Å²) in [6, 6.07) is 4.65. The highest BCUT2D eigenvalue weighted by molar-refractivity contribution is 5.98. The Morgan fingerprint density at radius 1 is 1.00 bits per heavy atom. The third kappa shape index (κ3) is 5.59. The van der Waals surface area contributed by atoms with E-state index < -0.39 is 24.0 Å². The number of imide groups is 1. The van der Waals surface area contributed by atoms with Crippen LogP contribution in [0.3, 0.4) is 0 Å². The van der Waals surface area contributed by atoms with E-state index in [1.807, 2.05) is 31.3 Å². The monoisotopic (exact) mass is 348 g/mol. The van der Waals surface area contributed by atoms with Gasteiger partial charge in [-0.1, -0.05) is 53.7 Å². The maximum atomic E-state index is 12.6. The number of benzene rings is 1. The molecule has 25 heavy (non-hydrogen) atoms. The third-order valence-electron chi connectivity index (χ3n) is 3.93.